The SMILES string of the molecule is Cc1ccc(Cl)cc1N1CCC(CNC(=O)CC2CC3CCC(C2)N3)C1. The first-order valence-corrected chi connectivity index (χ1v) is 10.5. The van der Waals surface area contributed by atoms with Gasteiger partial charge < -0.3 is 15.5 Å². The smallest absolute Gasteiger partial charge is 0.220 e. The first kappa shape index (κ1) is 18.1. The topological polar surface area (TPSA) is 44.4 Å². The molecule has 0 aromatic heterocycles. The molecule has 2 bridgehead atoms. The van der Waals surface area contributed by atoms with E-state index in [0.29, 0.717) is 30.3 Å². The van der Waals surface area contributed by atoms with Gasteiger partial charge in [0.25, 0.3) is 0 Å². The number of piperidine rings is 1. The van der Waals surface area contributed by atoms with Crippen molar-refractivity contribution in [3.8, 4) is 0 Å². The quantitative estimate of drug-likeness (QED) is 0.827. The van der Waals surface area contributed by atoms with Gasteiger partial charge in [-0.3, -0.25) is 4.79 Å². The summed E-state index contributed by atoms with van der Waals surface area (Å²) < 4.78 is 0. The molecule has 3 heterocycles. The predicted octanol–water partition coefficient (Wildman–Crippen LogP) is 3.51. The monoisotopic (exact) mass is 375 g/mol. The molecule has 3 unspecified atom stereocenters. The van der Waals surface area contributed by atoms with Gasteiger partial charge in [-0.25, -0.2) is 0 Å². The molecule has 0 aliphatic carbocycles. The lowest BCUT2D eigenvalue weighted by atomic mass is 9.89. The molecule has 3 aliphatic rings. The minimum atomic E-state index is 0.244. The van der Waals surface area contributed by atoms with E-state index in [9.17, 15) is 4.79 Å². The molecule has 2 N–H and O–H groups in total. The molecule has 26 heavy (non-hydrogen) atoms. The van der Waals surface area contributed by atoms with Crippen molar-refractivity contribution < 1.29 is 4.79 Å². The molecule has 1 amide bonds. The number of aryl methyl sites for hydroxylation is 1. The minimum absolute atomic E-state index is 0.244. The molecule has 5 heteroatoms. The highest BCUT2D eigenvalue weighted by Gasteiger charge is 2.34. The third-order valence-corrected chi connectivity index (χ3v) is 6.67. The number of amides is 1. The maximum absolute atomic E-state index is 12.4. The highest BCUT2D eigenvalue weighted by Crippen LogP contribution is 2.33. The van der Waals surface area contributed by atoms with Gasteiger partial charge in [-0.15, -0.1) is 0 Å². The number of nitrogens with one attached hydrogen (secondary N) is 2. The average molecular weight is 376 g/mol. The molecule has 4 nitrogen and oxygen atoms in total. The van der Waals surface area contributed by atoms with E-state index in [2.05, 4.69) is 34.6 Å². The Labute approximate surface area is 161 Å². The molecule has 3 aliphatic heterocycles. The van der Waals surface area contributed by atoms with Gasteiger partial charge in [0.1, 0.15) is 0 Å². The summed E-state index contributed by atoms with van der Waals surface area (Å²) in [6.07, 6.45) is 6.78. The van der Waals surface area contributed by atoms with E-state index >= 15 is 0 Å². The number of carbonyl (C=O) groups excluding carboxylic acids is 1. The maximum Gasteiger partial charge on any atom is 0.220 e. The molecule has 0 saturated carbocycles. The van der Waals surface area contributed by atoms with E-state index in [1.807, 2.05) is 6.07 Å². The molecule has 3 saturated heterocycles. The molecule has 0 spiro atoms. The number of carbonyl (C=O) groups is 1. The Morgan fingerprint density at radius 2 is 2.00 bits per heavy atom. The van der Waals surface area contributed by atoms with Crippen LogP contribution in [0.4, 0.5) is 5.69 Å². The van der Waals surface area contributed by atoms with Crippen LogP contribution in [0.3, 0.4) is 0 Å². The van der Waals surface area contributed by atoms with Crippen molar-refractivity contribution in [1.82, 2.24) is 10.6 Å². The Balaban J connectivity index is 1.23. The highest BCUT2D eigenvalue weighted by molar-refractivity contribution is 6.30. The zero-order valence-corrected chi connectivity index (χ0v) is 16.4. The summed E-state index contributed by atoms with van der Waals surface area (Å²) in [5, 5.41) is 7.65. The number of anilines is 1. The Morgan fingerprint density at radius 3 is 2.77 bits per heavy atom. The van der Waals surface area contributed by atoms with Crippen molar-refractivity contribution >= 4 is 23.2 Å². The standard InChI is InChI=1S/C21H30ClN3O/c1-14-2-3-17(22)11-20(14)25-7-6-15(13-25)12-23-21(26)10-16-8-18-4-5-19(9-16)24-18/h2-3,11,15-16,18-19,24H,4-10,12-13H2,1H3,(H,23,26). The van der Waals surface area contributed by atoms with Crippen molar-refractivity contribution in [2.24, 2.45) is 11.8 Å². The number of benzene rings is 1. The van der Waals surface area contributed by atoms with Gasteiger partial charge in [0, 0.05) is 48.8 Å². The molecule has 3 atom stereocenters. The lowest BCUT2D eigenvalue weighted by molar-refractivity contribution is -0.122. The van der Waals surface area contributed by atoms with Crippen molar-refractivity contribution in [3.63, 3.8) is 0 Å². The van der Waals surface area contributed by atoms with Crippen LogP contribution in [0.25, 0.3) is 0 Å². The van der Waals surface area contributed by atoms with E-state index in [4.69, 9.17) is 11.6 Å². The van der Waals surface area contributed by atoms with Gasteiger partial charge in [-0.1, -0.05) is 17.7 Å². The van der Waals surface area contributed by atoms with Gasteiger partial charge in [-0.05, 0) is 68.6 Å². The molecule has 142 valence electrons. The van der Waals surface area contributed by atoms with Crippen LogP contribution in [-0.2, 0) is 4.79 Å². The highest BCUT2D eigenvalue weighted by atomic mass is 35.5. The second kappa shape index (κ2) is 7.77. The zero-order valence-electron chi connectivity index (χ0n) is 15.6. The van der Waals surface area contributed by atoms with E-state index in [1.165, 1.54) is 36.9 Å². The molecular formula is C21H30ClN3O. The molecule has 3 fully saturated rings. The van der Waals surface area contributed by atoms with Gasteiger partial charge in [0.2, 0.25) is 5.91 Å². The third kappa shape index (κ3) is 4.17. The molecular weight excluding hydrogens is 346 g/mol. The van der Waals surface area contributed by atoms with Crippen molar-refractivity contribution in [3.05, 3.63) is 28.8 Å². The first-order valence-electron chi connectivity index (χ1n) is 10.1. The summed E-state index contributed by atoms with van der Waals surface area (Å²) in [6, 6.07) is 7.41. The third-order valence-electron chi connectivity index (χ3n) is 6.43. The number of nitrogens with zero attached hydrogens (tertiary/aromatic N) is 1. The van der Waals surface area contributed by atoms with Crippen LogP contribution >= 0.6 is 11.6 Å². The van der Waals surface area contributed by atoms with Crippen LogP contribution < -0.4 is 15.5 Å². The van der Waals surface area contributed by atoms with Crippen LogP contribution in [0.15, 0.2) is 18.2 Å². The van der Waals surface area contributed by atoms with Gasteiger partial charge in [0.05, 0.1) is 0 Å². The number of halogens is 1. The Morgan fingerprint density at radius 1 is 1.23 bits per heavy atom. The summed E-state index contributed by atoms with van der Waals surface area (Å²) >= 11 is 6.16. The molecule has 1 aromatic carbocycles. The lowest BCUT2D eigenvalue weighted by Gasteiger charge is -2.28. The van der Waals surface area contributed by atoms with E-state index in [0.717, 1.165) is 31.1 Å². The summed E-state index contributed by atoms with van der Waals surface area (Å²) in [4.78, 5) is 14.8. The predicted molar refractivity (Wildman–Crippen MR) is 107 cm³/mol. The summed E-state index contributed by atoms with van der Waals surface area (Å²) in [7, 11) is 0. The lowest BCUT2D eigenvalue weighted by Crippen LogP contribution is -2.40. The van der Waals surface area contributed by atoms with Crippen LogP contribution in [0.5, 0.6) is 0 Å². The normalized spacial score (nSPS) is 30.6. The number of hydrogen-bond acceptors (Lipinski definition) is 3. The van der Waals surface area contributed by atoms with Crippen molar-refractivity contribution in [1.29, 1.82) is 0 Å². The fraction of sp³-hybridized carbons (Fsp3) is 0.667. The van der Waals surface area contributed by atoms with Crippen LogP contribution in [0, 0.1) is 18.8 Å². The Kier molecular flexibility index (Phi) is 5.42. The average Bonchev–Trinajstić information content (AvgIpc) is 3.22. The molecule has 0 radical (unpaired) electrons. The number of hydrogen-bond donors (Lipinski definition) is 2. The Bertz CT molecular complexity index is 653. The van der Waals surface area contributed by atoms with Crippen LogP contribution in [0.1, 0.15) is 44.1 Å². The summed E-state index contributed by atoms with van der Waals surface area (Å²) in [6.45, 7) is 4.97. The maximum atomic E-state index is 12.4. The fourth-order valence-electron chi connectivity index (χ4n) is 5.08. The summed E-state index contributed by atoms with van der Waals surface area (Å²) in [5.74, 6) is 1.35. The van der Waals surface area contributed by atoms with Crippen LogP contribution in [0.2, 0.25) is 5.02 Å². The van der Waals surface area contributed by atoms with E-state index < -0.39 is 0 Å². The van der Waals surface area contributed by atoms with Crippen LogP contribution in [-0.4, -0.2) is 37.6 Å². The largest absolute Gasteiger partial charge is 0.371 e. The van der Waals surface area contributed by atoms with Crippen molar-refractivity contribution in [2.75, 3.05) is 24.5 Å². The molecule has 4 rings (SSSR count). The number of rotatable bonds is 5. The van der Waals surface area contributed by atoms with Gasteiger partial charge in [-0.2, -0.15) is 0 Å². The van der Waals surface area contributed by atoms with E-state index in [1.54, 1.807) is 0 Å². The fourth-order valence-corrected chi connectivity index (χ4v) is 5.24. The van der Waals surface area contributed by atoms with E-state index in [-0.39, 0.29) is 5.91 Å². The number of fused-ring (bicyclic) bond motifs is 2. The van der Waals surface area contributed by atoms with Gasteiger partial charge >= 0.3 is 0 Å². The van der Waals surface area contributed by atoms with Crippen molar-refractivity contribution in [2.45, 2.75) is 57.5 Å². The van der Waals surface area contributed by atoms with Gasteiger partial charge in [0.15, 0.2) is 0 Å². The second-order valence-corrected chi connectivity index (χ2v) is 8.95. The Hall–Kier alpha value is -1.26. The summed E-state index contributed by atoms with van der Waals surface area (Å²) in [5.41, 5.74) is 2.50. The second-order valence-electron chi connectivity index (χ2n) is 8.52. The molecule has 1 aromatic rings. The zero-order chi connectivity index (χ0) is 18.1. The first-order chi connectivity index (χ1) is 12.6. The minimum Gasteiger partial charge on any atom is -0.371 e.